The fourth-order valence-corrected chi connectivity index (χ4v) is 2.77. The molecule has 0 saturated carbocycles. The fourth-order valence-electron chi connectivity index (χ4n) is 1.97. The summed E-state index contributed by atoms with van der Waals surface area (Å²) in [5.41, 5.74) is 2.10. The van der Waals surface area contributed by atoms with Crippen molar-refractivity contribution in [1.82, 2.24) is 0 Å². The molecule has 2 nitrogen and oxygen atoms in total. The van der Waals surface area contributed by atoms with Gasteiger partial charge in [-0.3, -0.25) is 0 Å². The summed E-state index contributed by atoms with van der Waals surface area (Å²) >= 11 is 3.50. The first-order valence-corrected chi connectivity index (χ1v) is 12.3. The molecule has 0 saturated heterocycles. The number of halogens is 2. The van der Waals surface area contributed by atoms with Crippen LogP contribution in [0.15, 0.2) is 36.4 Å². The third-order valence-corrected chi connectivity index (χ3v) is 3.77. The van der Waals surface area contributed by atoms with E-state index in [4.69, 9.17) is 9.47 Å². The van der Waals surface area contributed by atoms with Crippen molar-refractivity contribution in [2.24, 2.45) is 0 Å². The van der Waals surface area contributed by atoms with Crippen LogP contribution >= 0.6 is 36.9 Å². The van der Waals surface area contributed by atoms with Crippen molar-refractivity contribution in [3.63, 3.8) is 0 Å². The van der Waals surface area contributed by atoms with Crippen molar-refractivity contribution < 1.29 is 49.4 Å². The van der Waals surface area contributed by atoms with Crippen LogP contribution in [0.3, 0.4) is 0 Å². The first kappa shape index (κ1) is 23.0. The number of methoxy groups -OCH3 is 2. The molecule has 22 heavy (non-hydrogen) atoms. The summed E-state index contributed by atoms with van der Waals surface area (Å²) in [4.78, 5) is 0. The van der Waals surface area contributed by atoms with Gasteiger partial charge in [0.25, 0.3) is 0 Å². The Morgan fingerprint density at radius 2 is 1.05 bits per heavy atom. The van der Waals surface area contributed by atoms with Crippen molar-refractivity contribution in [3.05, 3.63) is 36.4 Å². The number of rotatable bonds is 3. The van der Waals surface area contributed by atoms with Crippen molar-refractivity contribution >= 4 is 47.5 Å². The summed E-state index contributed by atoms with van der Waals surface area (Å²) in [5.74, 6) is 1.69. The molecule has 130 valence electrons. The SMILES string of the molecule is COc1cccc(P)c1-c1c(P)cccc1OC.[Cl][Au].[Cl][Au]. The molecule has 0 heterocycles. The Hall–Kier alpha value is 0.961. The normalized spacial score (nSPS) is 9.00. The van der Waals surface area contributed by atoms with Crippen LogP contribution in [0.1, 0.15) is 0 Å². The van der Waals surface area contributed by atoms with E-state index in [0.717, 1.165) is 33.2 Å². The van der Waals surface area contributed by atoms with E-state index in [2.05, 4.69) is 36.9 Å². The molecule has 0 spiro atoms. The van der Waals surface area contributed by atoms with Gasteiger partial charge in [0, 0.05) is 11.1 Å². The Morgan fingerprint density at radius 3 is 1.32 bits per heavy atom. The molecule has 0 bridgehead atoms. The molecule has 2 aromatic rings. The Bertz CT molecular complexity index is 535. The summed E-state index contributed by atoms with van der Waals surface area (Å²) in [6.07, 6.45) is 0. The molecular formula is C14H16Au2Cl2O2P2. The second kappa shape index (κ2) is 13.3. The number of ether oxygens (including phenoxy) is 2. The van der Waals surface area contributed by atoms with Crippen LogP contribution in [-0.2, 0) is 40.0 Å². The Morgan fingerprint density at radius 1 is 0.727 bits per heavy atom. The summed E-state index contributed by atoms with van der Waals surface area (Å²) in [7, 11) is 18.0. The fraction of sp³-hybridized carbons (Fsp3) is 0.143. The molecule has 2 unspecified atom stereocenters. The van der Waals surface area contributed by atoms with Crippen molar-refractivity contribution in [2.75, 3.05) is 14.2 Å². The molecule has 0 aliphatic rings. The molecule has 0 radical (unpaired) electrons. The van der Waals surface area contributed by atoms with Crippen LogP contribution < -0.4 is 20.1 Å². The molecule has 0 aromatic heterocycles. The topological polar surface area (TPSA) is 18.5 Å². The van der Waals surface area contributed by atoms with Crippen LogP contribution in [0.25, 0.3) is 11.1 Å². The van der Waals surface area contributed by atoms with Crippen molar-refractivity contribution in [3.8, 4) is 22.6 Å². The van der Waals surface area contributed by atoms with E-state index in [9.17, 15) is 0 Å². The second-order valence-electron chi connectivity index (χ2n) is 3.85. The van der Waals surface area contributed by atoms with Crippen molar-refractivity contribution in [2.45, 2.75) is 0 Å². The zero-order chi connectivity index (χ0) is 17.1. The van der Waals surface area contributed by atoms with E-state index in [1.54, 1.807) is 54.2 Å². The minimum atomic E-state index is 0.843. The minimum absolute atomic E-state index is 0.843. The van der Waals surface area contributed by atoms with Gasteiger partial charge in [-0.1, -0.05) is 24.3 Å². The molecule has 2 aromatic carbocycles. The van der Waals surface area contributed by atoms with Gasteiger partial charge in [0.1, 0.15) is 11.5 Å². The molecule has 8 heteroatoms. The monoisotopic (exact) mass is 742 g/mol. The van der Waals surface area contributed by atoms with Gasteiger partial charge in [-0.25, -0.2) is 0 Å². The van der Waals surface area contributed by atoms with E-state index >= 15 is 0 Å². The van der Waals surface area contributed by atoms with E-state index in [0.29, 0.717) is 0 Å². The van der Waals surface area contributed by atoms with E-state index in [-0.39, 0.29) is 0 Å². The zero-order valence-corrected chi connectivity index (χ0v) is 19.9. The average molecular weight is 743 g/mol. The predicted molar refractivity (Wildman–Crippen MR) is 95.4 cm³/mol. The second-order valence-corrected chi connectivity index (χ2v) is 5.09. The molecule has 0 aliphatic heterocycles. The van der Waals surface area contributed by atoms with E-state index in [1.165, 1.54) is 0 Å². The van der Waals surface area contributed by atoms with Gasteiger partial charge < -0.3 is 9.47 Å². The van der Waals surface area contributed by atoms with E-state index in [1.807, 2.05) is 36.4 Å². The summed E-state index contributed by atoms with van der Waals surface area (Å²) in [6.45, 7) is 0. The predicted octanol–water partition coefficient (Wildman–Crippen LogP) is 3.75. The van der Waals surface area contributed by atoms with Crippen LogP contribution in [0.4, 0.5) is 0 Å². The first-order valence-electron chi connectivity index (χ1n) is 5.77. The summed E-state index contributed by atoms with van der Waals surface area (Å²) < 4.78 is 10.9. The van der Waals surface area contributed by atoms with Crippen molar-refractivity contribution in [1.29, 1.82) is 0 Å². The van der Waals surface area contributed by atoms with Gasteiger partial charge in [-0.05, 0) is 22.7 Å². The summed E-state index contributed by atoms with van der Waals surface area (Å²) in [6, 6.07) is 11.9. The van der Waals surface area contributed by atoms with Crippen LogP contribution in [0.2, 0.25) is 0 Å². The molecule has 0 amide bonds. The molecule has 2 rings (SSSR count). The van der Waals surface area contributed by atoms with Gasteiger partial charge in [-0.15, -0.1) is 18.5 Å². The van der Waals surface area contributed by atoms with Gasteiger partial charge in [0.2, 0.25) is 0 Å². The Kier molecular flexibility index (Phi) is 13.9. The maximum atomic E-state index is 5.46. The Labute approximate surface area is 168 Å². The molecular weight excluding hydrogens is 727 g/mol. The molecule has 2 atom stereocenters. The van der Waals surface area contributed by atoms with Gasteiger partial charge >= 0.3 is 58.4 Å². The van der Waals surface area contributed by atoms with Gasteiger partial charge in [0.05, 0.1) is 14.2 Å². The first-order chi connectivity index (χ1) is 10.7. The molecule has 0 aliphatic carbocycles. The van der Waals surface area contributed by atoms with Gasteiger partial charge in [0.15, 0.2) is 0 Å². The number of hydrogen-bond acceptors (Lipinski definition) is 2. The van der Waals surface area contributed by atoms with E-state index < -0.39 is 0 Å². The third kappa shape index (κ3) is 6.11. The van der Waals surface area contributed by atoms with Gasteiger partial charge in [-0.2, -0.15) is 0 Å². The summed E-state index contributed by atoms with van der Waals surface area (Å²) in [5, 5.41) is 2.17. The standard InChI is InChI=1S/C14H16O2P2.2Au.2ClH/c1-15-9-5-3-7-11(17)13(9)14-10(16-2)6-4-8-12(14)18;;;;/h3-8H,17-18H2,1-2H3;;;2*1H/q;2*+1;;/p-2. The molecule has 0 N–H and O–H groups in total. The maximum absolute atomic E-state index is 5.46. The Balaban J connectivity index is 0.00000102. The van der Waals surface area contributed by atoms with Crippen LogP contribution in [-0.4, -0.2) is 14.2 Å². The quantitative estimate of drug-likeness (QED) is 0.353. The van der Waals surface area contributed by atoms with Crippen LogP contribution in [0.5, 0.6) is 11.5 Å². The molecule has 0 fully saturated rings. The number of hydrogen-bond donors (Lipinski definition) is 0. The zero-order valence-electron chi connectivity index (χ0n) is 11.8. The number of benzene rings is 2. The van der Waals surface area contributed by atoms with Crippen LogP contribution in [0, 0.1) is 0 Å². The third-order valence-electron chi connectivity index (χ3n) is 2.81. The average Bonchev–Trinajstić information content (AvgIpc) is 2.58.